The average molecular weight is 215 g/mol. The number of carboxylic acid groups (broad SMARTS) is 1. The van der Waals surface area contributed by atoms with E-state index >= 15 is 0 Å². The first-order chi connectivity index (χ1) is 7.70. The summed E-state index contributed by atoms with van der Waals surface area (Å²) in [5.41, 5.74) is 2.92. The molecule has 0 saturated carbocycles. The van der Waals surface area contributed by atoms with Gasteiger partial charge < -0.3 is 10.1 Å². The number of carbonyl (C=O) groups is 1. The third-order valence-corrected chi connectivity index (χ3v) is 2.35. The quantitative estimate of drug-likeness (QED) is 0.806. The molecule has 0 radical (unpaired) electrons. The summed E-state index contributed by atoms with van der Waals surface area (Å²) in [6, 6.07) is 5.52. The van der Waals surface area contributed by atoms with Crippen molar-refractivity contribution in [3.8, 4) is 6.07 Å². The molecule has 2 aromatic rings. The molecule has 0 bridgehead atoms. The van der Waals surface area contributed by atoms with Crippen molar-refractivity contribution < 1.29 is 9.90 Å². The molecular formula is C11H9N3O2. The first-order valence-corrected chi connectivity index (χ1v) is 4.74. The molecule has 5 nitrogen and oxygen atoms in total. The Labute approximate surface area is 91.3 Å². The van der Waals surface area contributed by atoms with E-state index in [1.165, 1.54) is 0 Å². The van der Waals surface area contributed by atoms with E-state index in [2.05, 4.69) is 9.97 Å². The predicted octanol–water partition coefficient (Wildman–Crippen LogP) is 1.26. The smallest absolute Gasteiger partial charge is 0.307 e. The zero-order valence-electron chi connectivity index (χ0n) is 8.40. The minimum atomic E-state index is -0.905. The van der Waals surface area contributed by atoms with E-state index in [4.69, 9.17) is 10.4 Å². The van der Waals surface area contributed by atoms with Crippen molar-refractivity contribution in [2.75, 3.05) is 0 Å². The molecule has 1 aromatic carbocycles. The summed E-state index contributed by atoms with van der Waals surface area (Å²) in [5, 5.41) is 17.4. The number of aromatic nitrogens is 2. The monoisotopic (exact) mass is 215 g/mol. The molecule has 1 aromatic heterocycles. The molecule has 80 valence electrons. The first kappa shape index (κ1) is 10.2. The van der Waals surface area contributed by atoms with Crippen LogP contribution in [0.5, 0.6) is 0 Å². The van der Waals surface area contributed by atoms with Crippen molar-refractivity contribution in [2.45, 2.75) is 12.8 Å². The molecule has 0 atom stereocenters. The van der Waals surface area contributed by atoms with Crippen LogP contribution in [-0.2, 0) is 17.6 Å². The maximum Gasteiger partial charge on any atom is 0.307 e. The SMILES string of the molecule is N#CCc1cc2nc[nH]c2cc1CC(=O)O. The highest BCUT2D eigenvalue weighted by Crippen LogP contribution is 2.18. The molecule has 5 heteroatoms. The number of aromatic amines is 1. The highest BCUT2D eigenvalue weighted by molar-refractivity contribution is 5.79. The molecule has 0 aliphatic carbocycles. The third-order valence-electron chi connectivity index (χ3n) is 2.35. The van der Waals surface area contributed by atoms with Crippen LogP contribution in [0.4, 0.5) is 0 Å². The maximum absolute atomic E-state index is 10.7. The largest absolute Gasteiger partial charge is 0.481 e. The zero-order chi connectivity index (χ0) is 11.5. The molecule has 0 amide bonds. The van der Waals surface area contributed by atoms with Crippen LogP contribution >= 0.6 is 0 Å². The van der Waals surface area contributed by atoms with E-state index in [0.717, 1.165) is 16.6 Å². The van der Waals surface area contributed by atoms with Gasteiger partial charge in [0.1, 0.15) is 0 Å². The number of hydrogen-bond acceptors (Lipinski definition) is 3. The maximum atomic E-state index is 10.7. The normalized spacial score (nSPS) is 10.2. The number of imidazole rings is 1. The van der Waals surface area contributed by atoms with Crippen LogP contribution in [-0.4, -0.2) is 21.0 Å². The number of hydrogen-bond donors (Lipinski definition) is 2. The Morgan fingerprint density at radius 3 is 3.00 bits per heavy atom. The summed E-state index contributed by atoms with van der Waals surface area (Å²) in [7, 11) is 0. The van der Waals surface area contributed by atoms with Gasteiger partial charge in [-0.25, -0.2) is 4.98 Å². The zero-order valence-corrected chi connectivity index (χ0v) is 8.40. The second kappa shape index (κ2) is 4.03. The van der Waals surface area contributed by atoms with E-state index in [9.17, 15) is 4.79 Å². The first-order valence-electron chi connectivity index (χ1n) is 4.74. The van der Waals surface area contributed by atoms with Crippen LogP contribution in [0.25, 0.3) is 11.0 Å². The van der Waals surface area contributed by atoms with Crippen LogP contribution in [0.1, 0.15) is 11.1 Å². The number of fused-ring (bicyclic) bond motifs is 1. The van der Waals surface area contributed by atoms with Crippen LogP contribution in [0, 0.1) is 11.3 Å². The Morgan fingerprint density at radius 1 is 1.50 bits per heavy atom. The molecule has 2 rings (SSSR count). The molecule has 0 saturated heterocycles. The Hall–Kier alpha value is -2.35. The highest BCUT2D eigenvalue weighted by Gasteiger charge is 2.09. The van der Waals surface area contributed by atoms with Crippen molar-refractivity contribution >= 4 is 17.0 Å². The number of carboxylic acids is 1. The summed E-state index contributed by atoms with van der Waals surface area (Å²) in [6.45, 7) is 0. The van der Waals surface area contributed by atoms with E-state index in [1.807, 2.05) is 6.07 Å². The average Bonchev–Trinajstić information content (AvgIpc) is 2.64. The minimum absolute atomic E-state index is 0.0774. The Balaban J connectivity index is 2.53. The van der Waals surface area contributed by atoms with E-state index in [-0.39, 0.29) is 12.8 Å². The lowest BCUT2D eigenvalue weighted by Gasteiger charge is -2.04. The molecule has 0 unspecified atom stereocenters. The van der Waals surface area contributed by atoms with Crippen LogP contribution in [0.2, 0.25) is 0 Å². The van der Waals surface area contributed by atoms with Gasteiger partial charge >= 0.3 is 5.97 Å². The van der Waals surface area contributed by atoms with Crippen molar-refractivity contribution in [1.29, 1.82) is 5.26 Å². The fourth-order valence-corrected chi connectivity index (χ4v) is 1.65. The molecule has 0 fully saturated rings. The van der Waals surface area contributed by atoms with Gasteiger partial charge in [-0.3, -0.25) is 4.79 Å². The molecule has 0 aliphatic heterocycles. The number of rotatable bonds is 3. The van der Waals surface area contributed by atoms with Crippen LogP contribution in [0.15, 0.2) is 18.5 Å². The van der Waals surface area contributed by atoms with Gasteiger partial charge in [0.05, 0.1) is 36.3 Å². The van der Waals surface area contributed by atoms with Gasteiger partial charge in [0.2, 0.25) is 0 Å². The number of nitrogens with one attached hydrogen (secondary N) is 1. The van der Waals surface area contributed by atoms with Crippen LogP contribution < -0.4 is 0 Å². The number of H-pyrrole nitrogens is 1. The molecular weight excluding hydrogens is 206 g/mol. The van der Waals surface area contributed by atoms with Crippen molar-refractivity contribution in [3.05, 3.63) is 29.6 Å². The van der Waals surface area contributed by atoms with E-state index in [1.54, 1.807) is 18.5 Å². The van der Waals surface area contributed by atoms with Gasteiger partial charge in [0, 0.05) is 0 Å². The minimum Gasteiger partial charge on any atom is -0.481 e. The lowest BCUT2D eigenvalue weighted by atomic mass is 10.0. The van der Waals surface area contributed by atoms with Gasteiger partial charge in [-0.15, -0.1) is 0 Å². The predicted molar refractivity (Wildman–Crippen MR) is 56.8 cm³/mol. The molecule has 1 heterocycles. The van der Waals surface area contributed by atoms with Gasteiger partial charge in [0.15, 0.2) is 0 Å². The van der Waals surface area contributed by atoms with Crippen molar-refractivity contribution in [1.82, 2.24) is 9.97 Å². The Morgan fingerprint density at radius 2 is 2.31 bits per heavy atom. The lowest BCUT2D eigenvalue weighted by Crippen LogP contribution is -2.03. The van der Waals surface area contributed by atoms with Gasteiger partial charge in [0.25, 0.3) is 0 Å². The standard InChI is InChI=1S/C11H9N3O2/c12-2-1-7-3-9-10(14-6-13-9)4-8(7)5-11(15)16/h3-4,6H,1,5H2,(H,13,14)(H,15,16). The summed E-state index contributed by atoms with van der Waals surface area (Å²) < 4.78 is 0. The lowest BCUT2D eigenvalue weighted by molar-refractivity contribution is -0.136. The summed E-state index contributed by atoms with van der Waals surface area (Å²) in [4.78, 5) is 17.7. The van der Waals surface area contributed by atoms with Gasteiger partial charge in [-0.05, 0) is 23.3 Å². The highest BCUT2D eigenvalue weighted by atomic mass is 16.4. The summed E-state index contributed by atoms with van der Waals surface area (Å²) in [6.07, 6.45) is 1.67. The fraction of sp³-hybridized carbons (Fsp3) is 0.182. The molecule has 0 aliphatic rings. The topological polar surface area (TPSA) is 89.8 Å². The molecule has 16 heavy (non-hydrogen) atoms. The Bertz CT molecular complexity index is 580. The van der Waals surface area contributed by atoms with Gasteiger partial charge in [-0.2, -0.15) is 5.26 Å². The van der Waals surface area contributed by atoms with Gasteiger partial charge in [-0.1, -0.05) is 0 Å². The number of nitrogens with zero attached hydrogens (tertiary/aromatic N) is 2. The third kappa shape index (κ3) is 1.86. The summed E-state index contributed by atoms with van der Waals surface area (Å²) in [5.74, 6) is -0.905. The van der Waals surface area contributed by atoms with E-state index in [0.29, 0.717) is 5.56 Å². The molecule has 2 N–H and O–H groups in total. The fourth-order valence-electron chi connectivity index (χ4n) is 1.65. The number of nitriles is 1. The second-order valence-electron chi connectivity index (χ2n) is 3.45. The van der Waals surface area contributed by atoms with E-state index < -0.39 is 5.97 Å². The van der Waals surface area contributed by atoms with Crippen molar-refractivity contribution in [2.24, 2.45) is 0 Å². The van der Waals surface area contributed by atoms with Crippen LogP contribution in [0.3, 0.4) is 0 Å². The number of aliphatic carboxylic acids is 1. The number of benzene rings is 1. The molecule has 0 spiro atoms. The second-order valence-corrected chi connectivity index (χ2v) is 3.45. The van der Waals surface area contributed by atoms with Crippen molar-refractivity contribution in [3.63, 3.8) is 0 Å². The summed E-state index contributed by atoms with van der Waals surface area (Å²) >= 11 is 0. The Kier molecular flexibility index (Phi) is 2.56.